The number of Topliss-reactive ketones (excluding diaryl/α,β-unsaturated/α-hetero) is 1. The van der Waals surface area contributed by atoms with Crippen LogP contribution in [0.2, 0.25) is 0 Å². The molecule has 1 fully saturated rings. The fraction of sp³-hybridized carbons (Fsp3) is 0.909. The lowest BCUT2D eigenvalue weighted by Crippen LogP contribution is -2.24. The monoisotopic (exact) mass is 168 g/mol. The van der Waals surface area contributed by atoms with Crippen LogP contribution in [-0.2, 0) is 4.79 Å². The third-order valence-electron chi connectivity index (χ3n) is 3.02. The maximum Gasteiger partial charge on any atom is 0.136 e. The summed E-state index contributed by atoms with van der Waals surface area (Å²) in [6.45, 7) is 4.32. The van der Waals surface area contributed by atoms with E-state index in [1.54, 1.807) is 0 Å². The van der Waals surface area contributed by atoms with E-state index in [-0.39, 0.29) is 0 Å². The lowest BCUT2D eigenvalue weighted by Gasteiger charge is -2.27. The Kier molecular flexibility index (Phi) is 3.77. The molecule has 0 spiro atoms. The zero-order valence-electron chi connectivity index (χ0n) is 8.31. The molecule has 70 valence electrons. The molecule has 0 radical (unpaired) electrons. The molecule has 0 N–H and O–H groups in total. The molecule has 0 aromatic rings. The van der Waals surface area contributed by atoms with Gasteiger partial charge in [0, 0.05) is 12.3 Å². The molecular formula is C11H20O. The van der Waals surface area contributed by atoms with E-state index in [9.17, 15) is 4.79 Å². The van der Waals surface area contributed by atoms with E-state index in [0.29, 0.717) is 17.6 Å². The van der Waals surface area contributed by atoms with Gasteiger partial charge < -0.3 is 0 Å². The summed E-state index contributed by atoms with van der Waals surface area (Å²) in [7, 11) is 0. The molecular weight excluding hydrogens is 148 g/mol. The molecule has 1 aliphatic rings. The Morgan fingerprint density at radius 3 is 2.58 bits per heavy atom. The lowest BCUT2D eigenvalue weighted by molar-refractivity contribution is -0.125. The third kappa shape index (κ3) is 2.33. The Balaban J connectivity index is 2.42. The molecule has 1 nitrogen and oxygen atoms in total. The second kappa shape index (κ2) is 4.64. The summed E-state index contributed by atoms with van der Waals surface area (Å²) in [5.41, 5.74) is 0. The Bertz CT molecular complexity index is 151. The quantitative estimate of drug-likeness (QED) is 0.632. The first kappa shape index (κ1) is 9.76. The number of hydrogen-bond acceptors (Lipinski definition) is 1. The highest BCUT2D eigenvalue weighted by Gasteiger charge is 2.26. The van der Waals surface area contributed by atoms with Crippen LogP contribution in [0.25, 0.3) is 0 Å². The van der Waals surface area contributed by atoms with Gasteiger partial charge in [-0.3, -0.25) is 4.79 Å². The summed E-state index contributed by atoms with van der Waals surface area (Å²) < 4.78 is 0. The van der Waals surface area contributed by atoms with Gasteiger partial charge in [0.05, 0.1) is 0 Å². The number of carbonyl (C=O) groups excluding carboxylic acids is 1. The maximum absolute atomic E-state index is 11.6. The number of rotatable bonds is 3. The molecule has 0 bridgehead atoms. The smallest absolute Gasteiger partial charge is 0.136 e. The molecule has 1 heteroatoms. The first-order valence-electron chi connectivity index (χ1n) is 5.28. The van der Waals surface area contributed by atoms with E-state index >= 15 is 0 Å². The Morgan fingerprint density at radius 1 is 1.33 bits per heavy atom. The molecule has 1 aliphatic carbocycles. The first-order chi connectivity index (χ1) is 5.75. The molecule has 0 aromatic carbocycles. The van der Waals surface area contributed by atoms with Gasteiger partial charge in [0.25, 0.3) is 0 Å². The highest BCUT2D eigenvalue weighted by Crippen LogP contribution is 2.30. The zero-order valence-corrected chi connectivity index (χ0v) is 8.31. The first-order valence-corrected chi connectivity index (χ1v) is 5.28. The SMILES string of the molecule is CCCC(=O)C1CCCCC1C. The summed E-state index contributed by atoms with van der Waals surface area (Å²) in [4.78, 5) is 11.6. The van der Waals surface area contributed by atoms with Crippen molar-refractivity contribution in [1.29, 1.82) is 0 Å². The minimum absolute atomic E-state index is 0.402. The van der Waals surface area contributed by atoms with E-state index in [1.165, 1.54) is 19.3 Å². The van der Waals surface area contributed by atoms with Gasteiger partial charge in [0.1, 0.15) is 5.78 Å². The van der Waals surface area contributed by atoms with Gasteiger partial charge in [-0.05, 0) is 18.8 Å². The van der Waals surface area contributed by atoms with E-state index in [0.717, 1.165) is 19.3 Å². The normalized spacial score (nSPS) is 30.2. The summed E-state index contributed by atoms with van der Waals surface area (Å²) in [6.07, 6.45) is 6.83. The van der Waals surface area contributed by atoms with Crippen molar-refractivity contribution in [1.82, 2.24) is 0 Å². The zero-order chi connectivity index (χ0) is 8.97. The minimum Gasteiger partial charge on any atom is -0.299 e. The van der Waals surface area contributed by atoms with Crippen molar-refractivity contribution in [2.75, 3.05) is 0 Å². The van der Waals surface area contributed by atoms with Crippen LogP contribution in [0.5, 0.6) is 0 Å². The minimum atomic E-state index is 0.402. The second-order valence-electron chi connectivity index (χ2n) is 4.08. The van der Waals surface area contributed by atoms with Crippen LogP contribution >= 0.6 is 0 Å². The Hall–Kier alpha value is -0.330. The molecule has 1 saturated carbocycles. The molecule has 1 rings (SSSR count). The molecule has 2 atom stereocenters. The average Bonchev–Trinajstić information content (AvgIpc) is 2.05. The number of hydrogen-bond donors (Lipinski definition) is 0. The van der Waals surface area contributed by atoms with Crippen LogP contribution in [0.3, 0.4) is 0 Å². The fourth-order valence-electron chi connectivity index (χ4n) is 2.23. The molecule has 0 amide bonds. The van der Waals surface area contributed by atoms with E-state index in [4.69, 9.17) is 0 Å². The van der Waals surface area contributed by atoms with Crippen molar-refractivity contribution in [3.05, 3.63) is 0 Å². The van der Waals surface area contributed by atoms with Crippen molar-refractivity contribution in [2.45, 2.75) is 52.4 Å². The van der Waals surface area contributed by atoms with E-state index < -0.39 is 0 Å². The van der Waals surface area contributed by atoms with Crippen molar-refractivity contribution in [2.24, 2.45) is 11.8 Å². The van der Waals surface area contributed by atoms with Crippen molar-refractivity contribution in [3.8, 4) is 0 Å². The fourth-order valence-corrected chi connectivity index (χ4v) is 2.23. The average molecular weight is 168 g/mol. The summed E-state index contributed by atoms with van der Waals surface area (Å²) in [5.74, 6) is 1.57. The largest absolute Gasteiger partial charge is 0.299 e. The second-order valence-corrected chi connectivity index (χ2v) is 4.08. The van der Waals surface area contributed by atoms with Crippen LogP contribution < -0.4 is 0 Å². The van der Waals surface area contributed by atoms with Crippen LogP contribution in [-0.4, -0.2) is 5.78 Å². The summed E-state index contributed by atoms with van der Waals surface area (Å²) in [6, 6.07) is 0. The highest BCUT2D eigenvalue weighted by atomic mass is 16.1. The molecule has 0 aliphatic heterocycles. The molecule has 12 heavy (non-hydrogen) atoms. The highest BCUT2D eigenvalue weighted by molar-refractivity contribution is 5.81. The van der Waals surface area contributed by atoms with Gasteiger partial charge in [-0.15, -0.1) is 0 Å². The summed E-state index contributed by atoms with van der Waals surface area (Å²) in [5, 5.41) is 0. The third-order valence-corrected chi connectivity index (χ3v) is 3.02. The van der Waals surface area contributed by atoms with Crippen LogP contribution in [0.4, 0.5) is 0 Å². The topological polar surface area (TPSA) is 17.1 Å². The van der Waals surface area contributed by atoms with Crippen LogP contribution in [0.1, 0.15) is 52.4 Å². The van der Waals surface area contributed by atoms with E-state index in [2.05, 4.69) is 13.8 Å². The van der Waals surface area contributed by atoms with Crippen LogP contribution in [0, 0.1) is 11.8 Å². The summed E-state index contributed by atoms with van der Waals surface area (Å²) >= 11 is 0. The van der Waals surface area contributed by atoms with Crippen molar-refractivity contribution in [3.63, 3.8) is 0 Å². The van der Waals surface area contributed by atoms with Gasteiger partial charge in [-0.25, -0.2) is 0 Å². The molecule has 0 heterocycles. The predicted molar refractivity (Wildman–Crippen MR) is 51.0 cm³/mol. The van der Waals surface area contributed by atoms with Crippen molar-refractivity contribution >= 4 is 5.78 Å². The van der Waals surface area contributed by atoms with Gasteiger partial charge >= 0.3 is 0 Å². The van der Waals surface area contributed by atoms with Gasteiger partial charge in [0.15, 0.2) is 0 Å². The molecule has 2 unspecified atom stereocenters. The lowest BCUT2D eigenvalue weighted by atomic mass is 9.77. The predicted octanol–water partition coefficient (Wildman–Crippen LogP) is 3.18. The van der Waals surface area contributed by atoms with Gasteiger partial charge in [-0.1, -0.05) is 33.1 Å². The molecule has 0 saturated heterocycles. The Labute approximate surface area is 75.5 Å². The molecule has 0 aromatic heterocycles. The van der Waals surface area contributed by atoms with E-state index in [1.807, 2.05) is 0 Å². The number of carbonyl (C=O) groups is 1. The number of ketones is 1. The van der Waals surface area contributed by atoms with Gasteiger partial charge in [-0.2, -0.15) is 0 Å². The maximum atomic E-state index is 11.6. The Morgan fingerprint density at radius 2 is 2.00 bits per heavy atom. The standard InChI is InChI=1S/C11H20O/c1-3-6-11(12)10-8-5-4-7-9(10)2/h9-10H,3-8H2,1-2H3. The van der Waals surface area contributed by atoms with Gasteiger partial charge in [0.2, 0.25) is 0 Å². The van der Waals surface area contributed by atoms with Crippen LogP contribution in [0.15, 0.2) is 0 Å². The van der Waals surface area contributed by atoms with Crippen molar-refractivity contribution < 1.29 is 4.79 Å².